The molecule has 2 aliphatic carbocycles. The highest BCUT2D eigenvalue weighted by molar-refractivity contribution is 6.33. The van der Waals surface area contributed by atoms with Crippen LogP contribution in [0.1, 0.15) is 61.4 Å². The van der Waals surface area contributed by atoms with Gasteiger partial charge >= 0.3 is 0 Å². The second-order valence-electron chi connectivity index (χ2n) is 8.23. The average Bonchev–Trinajstić information content (AvgIpc) is 2.66. The number of benzene rings is 1. The number of amides is 1. The molecule has 1 aromatic rings. The van der Waals surface area contributed by atoms with Gasteiger partial charge in [-0.2, -0.15) is 0 Å². The lowest BCUT2D eigenvalue weighted by molar-refractivity contribution is 0.0956. The second kappa shape index (κ2) is 10.1. The van der Waals surface area contributed by atoms with Gasteiger partial charge in [-0.3, -0.25) is 4.79 Å². The van der Waals surface area contributed by atoms with E-state index in [9.17, 15) is 4.79 Å². The van der Waals surface area contributed by atoms with Crippen molar-refractivity contribution in [1.82, 2.24) is 10.6 Å². The van der Waals surface area contributed by atoms with Crippen molar-refractivity contribution in [3.05, 3.63) is 63.4 Å². The second-order valence-corrected chi connectivity index (χ2v) is 8.64. The molecule has 0 heterocycles. The van der Waals surface area contributed by atoms with Crippen molar-refractivity contribution >= 4 is 17.5 Å². The molecule has 0 aromatic heterocycles. The summed E-state index contributed by atoms with van der Waals surface area (Å²) in [5, 5.41) is 6.93. The van der Waals surface area contributed by atoms with Gasteiger partial charge < -0.3 is 10.6 Å². The number of carbonyl (C=O) groups is 1. The van der Waals surface area contributed by atoms with E-state index in [2.05, 4.69) is 22.9 Å². The number of carbonyl (C=O) groups excluding carboxylic acids is 1. The third kappa shape index (κ3) is 6.10. The van der Waals surface area contributed by atoms with E-state index >= 15 is 0 Å². The van der Waals surface area contributed by atoms with Gasteiger partial charge in [-0.15, -0.1) is 5.73 Å². The van der Waals surface area contributed by atoms with Crippen LogP contribution >= 0.6 is 11.6 Å². The lowest BCUT2D eigenvalue weighted by atomic mass is 9.78. The van der Waals surface area contributed by atoms with Gasteiger partial charge in [-0.05, 0) is 93.2 Å². The van der Waals surface area contributed by atoms with Gasteiger partial charge in [0.05, 0.1) is 10.6 Å². The molecule has 1 fully saturated rings. The van der Waals surface area contributed by atoms with Crippen LogP contribution in [-0.4, -0.2) is 25.5 Å². The first-order chi connectivity index (χ1) is 13.5. The SMILES string of the molecule is C=C(C)CNCCCc1ccc(Cl)c(C(=O)NCC2=C=C3CCCC(C3)C2)c1. The minimum absolute atomic E-state index is 0.0951. The Hall–Kier alpha value is -1.80. The minimum Gasteiger partial charge on any atom is -0.348 e. The van der Waals surface area contributed by atoms with Gasteiger partial charge in [0.1, 0.15) is 0 Å². The van der Waals surface area contributed by atoms with Crippen LogP contribution in [0.4, 0.5) is 0 Å². The largest absolute Gasteiger partial charge is 0.348 e. The van der Waals surface area contributed by atoms with Crippen molar-refractivity contribution < 1.29 is 4.79 Å². The summed E-state index contributed by atoms with van der Waals surface area (Å²) in [4.78, 5) is 12.7. The molecule has 1 unspecified atom stereocenters. The van der Waals surface area contributed by atoms with Gasteiger partial charge in [0, 0.05) is 13.1 Å². The predicted octanol–water partition coefficient (Wildman–Crippen LogP) is 5.21. The molecule has 0 saturated heterocycles. The third-order valence-corrected chi connectivity index (χ3v) is 5.83. The highest BCUT2D eigenvalue weighted by atomic mass is 35.5. The number of halogens is 1. The van der Waals surface area contributed by atoms with E-state index < -0.39 is 0 Å². The van der Waals surface area contributed by atoms with E-state index in [1.165, 1.54) is 36.8 Å². The van der Waals surface area contributed by atoms with E-state index in [0.29, 0.717) is 17.1 Å². The zero-order valence-electron chi connectivity index (χ0n) is 16.9. The Labute approximate surface area is 173 Å². The summed E-state index contributed by atoms with van der Waals surface area (Å²) in [6, 6.07) is 5.77. The number of rotatable bonds is 9. The molecular formula is C24H31ClN2O. The lowest BCUT2D eigenvalue weighted by Gasteiger charge is -2.27. The van der Waals surface area contributed by atoms with Gasteiger partial charge in [0.25, 0.3) is 5.91 Å². The van der Waals surface area contributed by atoms with Crippen LogP contribution in [0.5, 0.6) is 0 Å². The number of aryl methyl sites for hydroxylation is 1. The van der Waals surface area contributed by atoms with Crippen molar-refractivity contribution in [2.75, 3.05) is 19.6 Å². The molecule has 4 heteroatoms. The summed E-state index contributed by atoms with van der Waals surface area (Å²) >= 11 is 6.30. The maximum Gasteiger partial charge on any atom is 0.253 e. The number of nitrogens with one attached hydrogen (secondary N) is 2. The van der Waals surface area contributed by atoms with Crippen LogP contribution in [0.3, 0.4) is 0 Å². The quantitative estimate of drug-likeness (QED) is 0.340. The maximum absolute atomic E-state index is 12.7. The van der Waals surface area contributed by atoms with Crippen LogP contribution in [-0.2, 0) is 6.42 Å². The molecule has 2 aliphatic rings. The highest BCUT2D eigenvalue weighted by Gasteiger charge is 2.22. The number of hydrogen-bond donors (Lipinski definition) is 2. The summed E-state index contributed by atoms with van der Waals surface area (Å²) in [5.41, 5.74) is 9.05. The molecule has 1 atom stereocenters. The Balaban J connectivity index is 1.54. The molecule has 150 valence electrons. The Morgan fingerprint density at radius 3 is 3.00 bits per heavy atom. The summed E-state index contributed by atoms with van der Waals surface area (Å²) < 4.78 is 0. The van der Waals surface area contributed by atoms with Crippen LogP contribution in [0.2, 0.25) is 5.02 Å². The Bertz CT molecular complexity index is 805. The Kier molecular flexibility index (Phi) is 7.56. The molecule has 28 heavy (non-hydrogen) atoms. The van der Waals surface area contributed by atoms with Gasteiger partial charge in [0.15, 0.2) is 0 Å². The van der Waals surface area contributed by atoms with Gasteiger partial charge in [-0.25, -0.2) is 0 Å². The van der Waals surface area contributed by atoms with E-state index in [1.807, 2.05) is 25.1 Å². The summed E-state index contributed by atoms with van der Waals surface area (Å²) in [5.74, 6) is 0.657. The van der Waals surface area contributed by atoms with Crippen molar-refractivity contribution in [2.24, 2.45) is 5.92 Å². The monoisotopic (exact) mass is 398 g/mol. The van der Waals surface area contributed by atoms with Gasteiger partial charge in [0.2, 0.25) is 0 Å². The molecule has 0 spiro atoms. The summed E-state index contributed by atoms with van der Waals surface area (Å²) in [6.45, 7) is 8.26. The number of fused-ring (bicyclic) bond motifs is 2. The van der Waals surface area contributed by atoms with Crippen LogP contribution in [0.15, 0.2) is 47.2 Å². The fourth-order valence-electron chi connectivity index (χ4n) is 4.11. The van der Waals surface area contributed by atoms with Crippen LogP contribution in [0.25, 0.3) is 0 Å². The summed E-state index contributed by atoms with van der Waals surface area (Å²) in [6.07, 6.45) is 7.96. The van der Waals surface area contributed by atoms with E-state index in [-0.39, 0.29) is 5.91 Å². The van der Waals surface area contributed by atoms with E-state index in [0.717, 1.165) is 49.4 Å². The van der Waals surface area contributed by atoms with Crippen molar-refractivity contribution in [3.63, 3.8) is 0 Å². The summed E-state index contributed by atoms with van der Waals surface area (Å²) in [7, 11) is 0. The smallest absolute Gasteiger partial charge is 0.253 e. The number of hydrogen-bond acceptors (Lipinski definition) is 2. The maximum atomic E-state index is 12.7. The zero-order chi connectivity index (χ0) is 19.9. The van der Waals surface area contributed by atoms with Gasteiger partial charge in [-0.1, -0.05) is 29.8 Å². The zero-order valence-corrected chi connectivity index (χ0v) is 17.6. The topological polar surface area (TPSA) is 41.1 Å². The Morgan fingerprint density at radius 1 is 1.36 bits per heavy atom. The first-order valence-electron chi connectivity index (χ1n) is 10.4. The molecule has 2 bridgehead atoms. The molecular weight excluding hydrogens is 368 g/mol. The van der Waals surface area contributed by atoms with Crippen LogP contribution in [0, 0.1) is 5.92 Å². The first-order valence-corrected chi connectivity index (χ1v) is 10.8. The normalized spacial score (nSPS) is 18.3. The van der Waals surface area contributed by atoms with E-state index in [1.54, 1.807) is 0 Å². The Morgan fingerprint density at radius 2 is 2.21 bits per heavy atom. The lowest BCUT2D eigenvalue weighted by Crippen LogP contribution is -2.27. The van der Waals surface area contributed by atoms with Crippen LogP contribution < -0.4 is 10.6 Å². The molecule has 1 aromatic carbocycles. The molecule has 3 nitrogen and oxygen atoms in total. The van der Waals surface area contributed by atoms with Crippen molar-refractivity contribution in [1.29, 1.82) is 0 Å². The molecule has 0 aliphatic heterocycles. The minimum atomic E-state index is -0.0951. The fraction of sp³-hybridized carbons (Fsp3) is 0.500. The van der Waals surface area contributed by atoms with Crippen molar-refractivity contribution in [3.8, 4) is 0 Å². The third-order valence-electron chi connectivity index (χ3n) is 5.50. The molecule has 2 N–H and O–H groups in total. The fourth-order valence-corrected chi connectivity index (χ4v) is 4.32. The molecule has 1 amide bonds. The molecule has 1 saturated carbocycles. The standard InChI is InChI=1S/C24H31ClN2O/c1-17(2)15-26-10-4-7-18-8-9-23(25)22(14-18)24(28)27-16-21-12-19-5-3-6-20(11-19)13-21/h8-9,14,19,26H,1,3-7,10-12,15-16H2,2H3,(H,27,28). The van der Waals surface area contributed by atoms with Crippen molar-refractivity contribution in [2.45, 2.75) is 51.9 Å². The first kappa shape index (κ1) is 20.9. The highest BCUT2D eigenvalue weighted by Crippen LogP contribution is 2.35. The van der Waals surface area contributed by atoms with E-state index in [4.69, 9.17) is 11.6 Å². The molecule has 0 radical (unpaired) electrons. The molecule has 3 rings (SSSR count). The average molecular weight is 399 g/mol. The predicted molar refractivity (Wildman–Crippen MR) is 117 cm³/mol.